The van der Waals surface area contributed by atoms with Crippen molar-refractivity contribution in [2.75, 3.05) is 25.6 Å². The van der Waals surface area contributed by atoms with E-state index in [4.69, 9.17) is 20.3 Å². The van der Waals surface area contributed by atoms with Crippen LogP contribution in [0.5, 0.6) is 0 Å². The van der Waals surface area contributed by atoms with E-state index in [-0.39, 0.29) is 36.4 Å². The Kier molecular flexibility index (Phi) is 9.76. The highest BCUT2D eigenvalue weighted by Gasteiger charge is 2.20. The normalized spacial score (nSPS) is 17.0. The first-order valence-electron chi connectivity index (χ1n) is 9.65. The van der Waals surface area contributed by atoms with Gasteiger partial charge in [-0.1, -0.05) is 0 Å². The minimum Gasteiger partial charge on any atom is -0.383 e. The Morgan fingerprint density at radius 1 is 1.45 bits per heavy atom. The number of ether oxygens (including phenoxy) is 1. The summed E-state index contributed by atoms with van der Waals surface area (Å²) in [5.74, 6) is 0.718. The van der Waals surface area contributed by atoms with Crippen LogP contribution in [0.2, 0.25) is 0 Å². The molecule has 2 rings (SSSR count). The fraction of sp³-hybridized carbons (Fsp3) is 0.556. The van der Waals surface area contributed by atoms with Crippen molar-refractivity contribution in [2.24, 2.45) is 5.92 Å². The number of carbonyl (C=O) groups is 1. The lowest BCUT2D eigenvalue weighted by Crippen LogP contribution is -2.23. The summed E-state index contributed by atoms with van der Waals surface area (Å²) in [5, 5.41) is 10.9. The molecule has 0 aliphatic carbocycles. The van der Waals surface area contributed by atoms with Gasteiger partial charge in [-0.05, 0) is 31.6 Å². The molecule has 0 spiro atoms. The van der Waals surface area contributed by atoms with Crippen LogP contribution in [0.1, 0.15) is 37.6 Å². The molecule has 0 bridgehead atoms. The van der Waals surface area contributed by atoms with Gasteiger partial charge in [-0.15, -0.1) is 11.4 Å². The molecule has 1 aliphatic rings. The first-order valence-corrected chi connectivity index (χ1v) is 12.1. The fourth-order valence-corrected chi connectivity index (χ4v) is 4.52. The van der Waals surface area contributed by atoms with Crippen molar-refractivity contribution in [1.82, 2.24) is 14.9 Å². The first-order chi connectivity index (χ1) is 14.6. The third-order valence-corrected chi connectivity index (χ3v) is 6.70. The van der Waals surface area contributed by atoms with Crippen molar-refractivity contribution in [3.05, 3.63) is 28.2 Å². The molecule has 1 aliphatic heterocycles. The van der Waals surface area contributed by atoms with Gasteiger partial charge < -0.3 is 30.3 Å². The maximum atomic E-state index is 11.8. The van der Waals surface area contributed by atoms with E-state index in [9.17, 15) is 14.5 Å². The molecule has 1 aromatic heterocycles. The SMILES string of the molecule is C/C(=C(CCOP(=O)(O)O)/[SH]=C(\O)C1CCOCC1)N(C=O)Cc1cnc(C)nc1N. The summed E-state index contributed by atoms with van der Waals surface area (Å²) in [6, 6.07) is 0. The lowest BCUT2D eigenvalue weighted by atomic mass is 10.0. The Hall–Kier alpha value is -1.66. The van der Waals surface area contributed by atoms with Crippen LogP contribution in [0.3, 0.4) is 0 Å². The molecule has 0 unspecified atom stereocenters. The molecule has 174 valence electrons. The molecule has 11 nitrogen and oxygen atoms in total. The van der Waals surface area contributed by atoms with Gasteiger partial charge >= 0.3 is 7.82 Å². The second kappa shape index (κ2) is 11.8. The van der Waals surface area contributed by atoms with Crippen LogP contribution in [-0.4, -0.2) is 61.0 Å². The van der Waals surface area contributed by atoms with E-state index in [1.54, 1.807) is 20.0 Å². The smallest absolute Gasteiger partial charge is 0.383 e. The highest BCUT2D eigenvalue weighted by molar-refractivity contribution is 8.02. The summed E-state index contributed by atoms with van der Waals surface area (Å²) in [6.07, 6.45) is 3.63. The summed E-state index contributed by atoms with van der Waals surface area (Å²) < 4.78 is 20.9. The number of rotatable bonds is 10. The van der Waals surface area contributed by atoms with Crippen LogP contribution >= 0.6 is 19.2 Å². The number of anilines is 1. The van der Waals surface area contributed by atoms with Crippen molar-refractivity contribution < 1.29 is 33.5 Å². The molecule has 13 heteroatoms. The number of aryl methyl sites for hydroxylation is 1. The maximum absolute atomic E-state index is 11.8. The fourth-order valence-electron chi connectivity index (χ4n) is 2.98. The van der Waals surface area contributed by atoms with E-state index in [1.807, 2.05) is 0 Å². The number of nitrogens with zero attached hydrogens (tertiary/aromatic N) is 3. The molecule has 5 N–H and O–H groups in total. The zero-order valence-corrected chi connectivity index (χ0v) is 19.3. The Morgan fingerprint density at radius 3 is 2.71 bits per heavy atom. The van der Waals surface area contributed by atoms with Crippen LogP contribution in [0, 0.1) is 12.8 Å². The number of amides is 1. The molecule has 0 atom stereocenters. The molecule has 1 saturated heterocycles. The van der Waals surface area contributed by atoms with Crippen LogP contribution in [0.15, 0.2) is 16.8 Å². The molecule has 0 saturated carbocycles. The van der Waals surface area contributed by atoms with Gasteiger partial charge in [0.25, 0.3) is 0 Å². The summed E-state index contributed by atoms with van der Waals surface area (Å²) in [6.45, 7) is 4.34. The number of allylic oxidation sites excluding steroid dienone is 1. The van der Waals surface area contributed by atoms with E-state index in [2.05, 4.69) is 14.5 Å². The Labute approximate surface area is 184 Å². The predicted molar refractivity (Wildman–Crippen MR) is 118 cm³/mol. The van der Waals surface area contributed by atoms with Crippen molar-refractivity contribution in [1.29, 1.82) is 0 Å². The van der Waals surface area contributed by atoms with Crippen molar-refractivity contribution in [3.8, 4) is 0 Å². The van der Waals surface area contributed by atoms with Crippen molar-refractivity contribution in [2.45, 2.75) is 39.7 Å². The van der Waals surface area contributed by atoms with Crippen molar-refractivity contribution >= 4 is 36.5 Å². The Bertz CT molecular complexity index is 884. The second-order valence-corrected chi connectivity index (χ2v) is 9.48. The average Bonchev–Trinajstić information content (AvgIpc) is 2.71. The molecule has 0 radical (unpaired) electrons. The molecule has 1 fully saturated rings. The van der Waals surface area contributed by atoms with Gasteiger partial charge in [-0.25, -0.2) is 14.5 Å². The summed E-state index contributed by atoms with van der Waals surface area (Å²) in [7, 11) is -4.64. The molecule has 0 aromatic carbocycles. The van der Waals surface area contributed by atoms with Crippen LogP contribution in [0.25, 0.3) is 0 Å². The van der Waals surface area contributed by atoms with Gasteiger partial charge in [-0.2, -0.15) is 0 Å². The Balaban J connectivity index is 2.31. The standard InChI is InChI=1S/C18H29N4O7PS/c1-12(22(11-23)10-15-9-20-13(2)21-17(15)19)16(5-8-29-30(25,26)27)31-18(24)14-3-6-28-7-4-14/h9,11,14,24,31H,3-8,10H2,1-2H3,(H2,19,20,21)(H2,25,26,27)/b16-12-. The van der Waals surface area contributed by atoms with Gasteiger partial charge in [0.2, 0.25) is 6.41 Å². The van der Waals surface area contributed by atoms with Gasteiger partial charge in [0.1, 0.15) is 11.6 Å². The number of hydrogen-bond donors (Lipinski definition) is 5. The number of carbonyl (C=O) groups excluding carboxylic acids is 1. The molecule has 1 amide bonds. The third-order valence-electron chi connectivity index (χ3n) is 4.77. The number of thiol groups is 1. The third kappa shape index (κ3) is 8.41. The van der Waals surface area contributed by atoms with Gasteiger partial charge in [0.15, 0.2) is 0 Å². The topological polar surface area (TPSA) is 168 Å². The summed E-state index contributed by atoms with van der Waals surface area (Å²) >= 11 is 0.462. The summed E-state index contributed by atoms with van der Waals surface area (Å²) in [4.78, 5) is 39.9. The number of nitrogens with two attached hydrogens (primary N) is 1. The number of hydrogen-bond acceptors (Lipinski definition) is 7. The Morgan fingerprint density at radius 2 is 2.13 bits per heavy atom. The number of nitrogen functional groups attached to an aromatic ring is 1. The number of aliphatic hydroxyl groups excluding tert-OH is 1. The molecule has 31 heavy (non-hydrogen) atoms. The molecular formula is C18H29N4O7PS. The van der Waals surface area contributed by atoms with E-state index in [1.165, 1.54) is 4.90 Å². The lowest BCUT2D eigenvalue weighted by Gasteiger charge is -2.24. The van der Waals surface area contributed by atoms with E-state index in [0.717, 1.165) is 0 Å². The van der Waals surface area contributed by atoms with E-state index >= 15 is 0 Å². The van der Waals surface area contributed by atoms with Gasteiger partial charge in [0, 0.05) is 43.0 Å². The molecular weight excluding hydrogens is 447 g/mol. The quantitative estimate of drug-likeness (QED) is 0.145. The van der Waals surface area contributed by atoms with Gasteiger partial charge in [0.05, 0.1) is 18.2 Å². The van der Waals surface area contributed by atoms with E-state index in [0.29, 0.717) is 65.8 Å². The van der Waals surface area contributed by atoms with E-state index < -0.39 is 7.82 Å². The first kappa shape index (κ1) is 25.6. The minimum absolute atomic E-state index is 0.0493. The predicted octanol–water partition coefficient (Wildman–Crippen LogP) is 1.64. The molecule has 1 aromatic rings. The minimum atomic E-state index is -4.64. The monoisotopic (exact) mass is 476 g/mol. The number of phosphoric acid groups is 1. The maximum Gasteiger partial charge on any atom is 0.469 e. The highest BCUT2D eigenvalue weighted by Crippen LogP contribution is 2.37. The zero-order chi connectivity index (χ0) is 23.0. The largest absolute Gasteiger partial charge is 0.469 e. The lowest BCUT2D eigenvalue weighted by molar-refractivity contribution is -0.116. The number of phosphoric ester groups is 1. The number of aromatic nitrogens is 2. The van der Waals surface area contributed by atoms with Crippen LogP contribution < -0.4 is 5.73 Å². The zero-order valence-electron chi connectivity index (χ0n) is 17.5. The highest BCUT2D eigenvalue weighted by atomic mass is 32.1. The van der Waals surface area contributed by atoms with Gasteiger partial charge in [-0.3, -0.25) is 9.32 Å². The van der Waals surface area contributed by atoms with Crippen molar-refractivity contribution in [3.63, 3.8) is 0 Å². The van der Waals surface area contributed by atoms with Crippen LogP contribution in [-0.2, 0) is 25.2 Å². The van der Waals surface area contributed by atoms with Crippen LogP contribution in [0.4, 0.5) is 5.82 Å². The molecule has 2 heterocycles. The average molecular weight is 476 g/mol. The number of aliphatic hydroxyl groups is 1. The summed E-state index contributed by atoms with van der Waals surface area (Å²) in [5.41, 5.74) is 7.00. The second-order valence-electron chi connectivity index (χ2n) is 7.02.